The van der Waals surface area contributed by atoms with Crippen molar-refractivity contribution in [2.75, 3.05) is 11.5 Å². The highest BCUT2D eigenvalue weighted by atomic mass is 32.2. The summed E-state index contributed by atoms with van der Waals surface area (Å²) >= 11 is 1.60. The third-order valence-electron chi connectivity index (χ3n) is 1.67. The number of anilines is 1. The van der Waals surface area contributed by atoms with E-state index in [4.69, 9.17) is 5.73 Å². The molecule has 0 fully saturated rings. The van der Waals surface area contributed by atoms with Crippen LogP contribution in [-0.2, 0) is 0 Å². The zero-order valence-electron chi connectivity index (χ0n) is 7.90. The molecule has 0 radical (unpaired) electrons. The minimum atomic E-state index is -0.453. The number of thioether (sulfide) groups is 1. The van der Waals surface area contributed by atoms with Gasteiger partial charge in [-0.1, -0.05) is 6.92 Å². The van der Waals surface area contributed by atoms with Gasteiger partial charge in [0.15, 0.2) is 0 Å². The van der Waals surface area contributed by atoms with Gasteiger partial charge in [-0.3, -0.25) is 10.1 Å². The highest BCUT2D eigenvalue weighted by Crippen LogP contribution is 2.28. The molecule has 0 unspecified atom stereocenters. The minimum Gasteiger partial charge on any atom is -0.393 e. The van der Waals surface area contributed by atoms with Gasteiger partial charge in [-0.15, -0.1) is 11.8 Å². The molecular weight excluding hydrogens is 200 g/mol. The van der Waals surface area contributed by atoms with E-state index in [1.54, 1.807) is 17.8 Å². The third-order valence-corrected chi connectivity index (χ3v) is 2.87. The Morgan fingerprint density at radius 3 is 2.86 bits per heavy atom. The number of nitrogens with two attached hydrogens (primary N) is 1. The first-order valence-electron chi connectivity index (χ1n) is 4.32. The molecule has 2 N–H and O–H groups in total. The Labute approximate surface area is 86.6 Å². The van der Waals surface area contributed by atoms with Crippen LogP contribution in [0.15, 0.2) is 23.1 Å². The first-order valence-corrected chi connectivity index (χ1v) is 5.30. The van der Waals surface area contributed by atoms with Gasteiger partial charge in [-0.25, -0.2) is 0 Å². The summed E-state index contributed by atoms with van der Waals surface area (Å²) in [5.74, 6) is 0.959. The van der Waals surface area contributed by atoms with Crippen molar-refractivity contribution in [1.82, 2.24) is 0 Å². The highest BCUT2D eigenvalue weighted by molar-refractivity contribution is 7.99. The topological polar surface area (TPSA) is 69.2 Å². The molecule has 0 aliphatic rings. The van der Waals surface area contributed by atoms with Gasteiger partial charge in [0.25, 0.3) is 5.69 Å². The second kappa shape index (κ2) is 4.85. The molecule has 0 aliphatic heterocycles. The van der Waals surface area contributed by atoms with E-state index in [-0.39, 0.29) is 11.4 Å². The summed E-state index contributed by atoms with van der Waals surface area (Å²) in [6.07, 6.45) is 1.04. The zero-order valence-corrected chi connectivity index (χ0v) is 8.71. The van der Waals surface area contributed by atoms with Crippen molar-refractivity contribution in [2.45, 2.75) is 18.2 Å². The smallest absolute Gasteiger partial charge is 0.293 e. The SMILES string of the molecule is CCCSc1ccc(N)c([N+](=O)[O-])c1. The Hall–Kier alpha value is -1.23. The monoisotopic (exact) mass is 212 g/mol. The number of hydrogen-bond acceptors (Lipinski definition) is 4. The molecule has 0 aliphatic carbocycles. The van der Waals surface area contributed by atoms with Gasteiger partial charge in [-0.05, 0) is 24.3 Å². The van der Waals surface area contributed by atoms with E-state index in [1.165, 1.54) is 6.07 Å². The van der Waals surface area contributed by atoms with Crippen LogP contribution in [0, 0.1) is 10.1 Å². The van der Waals surface area contributed by atoms with Crippen LogP contribution in [-0.4, -0.2) is 10.7 Å². The molecule has 0 amide bonds. The van der Waals surface area contributed by atoms with Gasteiger partial charge >= 0.3 is 0 Å². The summed E-state index contributed by atoms with van der Waals surface area (Å²) in [5.41, 5.74) is 5.68. The van der Waals surface area contributed by atoms with E-state index in [0.29, 0.717) is 0 Å². The summed E-state index contributed by atoms with van der Waals surface area (Å²) in [6.45, 7) is 2.07. The molecule has 0 aromatic heterocycles. The van der Waals surface area contributed by atoms with E-state index in [1.807, 2.05) is 6.07 Å². The fourth-order valence-corrected chi connectivity index (χ4v) is 1.79. The number of nitro benzene ring substituents is 1. The maximum Gasteiger partial charge on any atom is 0.293 e. The Morgan fingerprint density at radius 2 is 2.29 bits per heavy atom. The van der Waals surface area contributed by atoms with Gasteiger partial charge in [0, 0.05) is 11.0 Å². The summed E-state index contributed by atoms with van der Waals surface area (Å²) in [5, 5.41) is 10.6. The lowest BCUT2D eigenvalue weighted by atomic mass is 10.3. The Bertz CT molecular complexity index is 342. The van der Waals surface area contributed by atoms with Crippen molar-refractivity contribution >= 4 is 23.1 Å². The maximum atomic E-state index is 10.6. The van der Waals surface area contributed by atoms with E-state index in [2.05, 4.69) is 6.92 Å². The molecule has 1 aromatic carbocycles. The quantitative estimate of drug-likeness (QED) is 0.360. The number of nitrogen functional groups attached to an aromatic ring is 1. The third kappa shape index (κ3) is 2.63. The fourth-order valence-electron chi connectivity index (χ4n) is 0.991. The molecule has 1 aromatic rings. The van der Waals surface area contributed by atoms with Crippen molar-refractivity contribution in [3.05, 3.63) is 28.3 Å². The summed E-state index contributed by atoms with van der Waals surface area (Å²) in [7, 11) is 0. The first kappa shape index (κ1) is 10.8. The average molecular weight is 212 g/mol. The lowest BCUT2D eigenvalue weighted by Gasteiger charge is -2.01. The summed E-state index contributed by atoms with van der Waals surface area (Å²) < 4.78 is 0. The Balaban J connectivity index is 2.89. The van der Waals surface area contributed by atoms with Crippen LogP contribution in [0.1, 0.15) is 13.3 Å². The molecule has 0 spiro atoms. The van der Waals surface area contributed by atoms with Crippen LogP contribution in [0.25, 0.3) is 0 Å². The number of benzene rings is 1. The Morgan fingerprint density at radius 1 is 1.57 bits per heavy atom. The number of rotatable bonds is 4. The second-order valence-corrected chi connectivity index (χ2v) is 3.99. The van der Waals surface area contributed by atoms with Gasteiger partial charge in [0.1, 0.15) is 5.69 Å². The Kier molecular flexibility index (Phi) is 3.76. The zero-order chi connectivity index (χ0) is 10.6. The molecule has 5 heteroatoms. The molecule has 1 rings (SSSR count). The van der Waals surface area contributed by atoms with E-state index in [9.17, 15) is 10.1 Å². The van der Waals surface area contributed by atoms with Crippen molar-refractivity contribution in [1.29, 1.82) is 0 Å². The predicted octanol–water partition coefficient (Wildman–Crippen LogP) is 2.68. The van der Waals surface area contributed by atoms with Crippen molar-refractivity contribution in [3.8, 4) is 0 Å². The molecule has 0 saturated heterocycles. The normalized spacial score (nSPS) is 10.1. The van der Waals surface area contributed by atoms with Crippen LogP contribution in [0.3, 0.4) is 0 Å². The largest absolute Gasteiger partial charge is 0.393 e. The van der Waals surface area contributed by atoms with Crippen molar-refractivity contribution in [3.63, 3.8) is 0 Å². The molecule has 0 heterocycles. The van der Waals surface area contributed by atoms with Crippen molar-refractivity contribution < 1.29 is 4.92 Å². The lowest BCUT2D eigenvalue weighted by Crippen LogP contribution is -1.95. The van der Waals surface area contributed by atoms with Gasteiger partial charge < -0.3 is 5.73 Å². The minimum absolute atomic E-state index is 0.00824. The van der Waals surface area contributed by atoms with Crippen molar-refractivity contribution in [2.24, 2.45) is 0 Å². The van der Waals surface area contributed by atoms with E-state index in [0.717, 1.165) is 17.1 Å². The maximum absolute atomic E-state index is 10.6. The highest BCUT2D eigenvalue weighted by Gasteiger charge is 2.11. The molecule has 14 heavy (non-hydrogen) atoms. The van der Waals surface area contributed by atoms with Crippen LogP contribution in [0.5, 0.6) is 0 Å². The molecule has 4 nitrogen and oxygen atoms in total. The predicted molar refractivity (Wildman–Crippen MR) is 58.5 cm³/mol. The van der Waals surface area contributed by atoms with E-state index >= 15 is 0 Å². The van der Waals surface area contributed by atoms with Gasteiger partial charge in [0.05, 0.1) is 4.92 Å². The van der Waals surface area contributed by atoms with Crippen LogP contribution >= 0.6 is 11.8 Å². The van der Waals surface area contributed by atoms with Crippen LogP contribution in [0.2, 0.25) is 0 Å². The fraction of sp³-hybridized carbons (Fsp3) is 0.333. The number of nitro groups is 1. The number of hydrogen-bond donors (Lipinski definition) is 1. The summed E-state index contributed by atoms with van der Waals surface area (Å²) in [4.78, 5) is 11.0. The molecular formula is C9H12N2O2S. The average Bonchev–Trinajstić information content (AvgIpc) is 2.16. The standard InChI is InChI=1S/C9H12N2O2S/c1-2-5-14-7-3-4-8(10)9(6-7)11(12)13/h3-4,6H,2,5,10H2,1H3. The molecule has 0 bridgehead atoms. The first-order chi connectivity index (χ1) is 6.65. The van der Waals surface area contributed by atoms with Crippen LogP contribution in [0.4, 0.5) is 11.4 Å². The van der Waals surface area contributed by atoms with Gasteiger partial charge in [-0.2, -0.15) is 0 Å². The summed E-state index contributed by atoms with van der Waals surface area (Å²) in [6, 6.07) is 4.91. The number of nitrogens with zero attached hydrogens (tertiary/aromatic N) is 1. The second-order valence-electron chi connectivity index (χ2n) is 2.83. The molecule has 76 valence electrons. The lowest BCUT2D eigenvalue weighted by molar-refractivity contribution is -0.384. The van der Waals surface area contributed by atoms with Crippen LogP contribution < -0.4 is 5.73 Å². The van der Waals surface area contributed by atoms with Gasteiger partial charge in [0.2, 0.25) is 0 Å². The molecule has 0 atom stereocenters. The molecule has 0 saturated carbocycles. The van der Waals surface area contributed by atoms with E-state index < -0.39 is 4.92 Å².